The fraction of sp³-hybridized carbons (Fsp3) is 0.875. The molecule has 0 spiro atoms. The van der Waals surface area contributed by atoms with Crippen LogP contribution in [0.4, 0.5) is 0 Å². The Morgan fingerprint density at radius 1 is 1.54 bits per heavy atom. The molecule has 0 aromatic carbocycles. The minimum Gasteiger partial charge on any atom is -0.316 e. The fourth-order valence-electron chi connectivity index (χ4n) is 1.45. The number of thioether (sulfide) groups is 2. The largest absolute Gasteiger partial charge is 0.316 e. The van der Waals surface area contributed by atoms with Crippen LogP contribution in [0.25, 0.3) is 0 Å². The maximum absolute atomic E-state index is 4.44. The zero-order valence-electron chi connectivity index (χ0n) is 7.49. The number of rotatable bonds is 1. The van der Waals surface area contributed by atoms with Crippen molar-refractivity contribution in [3.05, 3.63) is 0 Å². The van der Waals surface area contributed by atoms with Gasteiger partial charge in [-0.05, 0) is 19.4 Å². The summed E-state index contributed by atoms with van der Waals surface area (Å²) in [5, 5.41) is 4.20. The Hall–Kier alpha value is 0.620. The van der Waals surface area contributed by atoms with Crippen LogP contribution in [0.15, 0.2) is 4.99 Å². The maximum Gasteiger partial charge on any atom is 0.124 e. The molecule has 1 atom stereocenters. The number of hydrogen-bond donors (Lipinski definition) is 1. The fourth-order valence-corrected chi connectivity index (χ4v) is 3.86. The van der Waals surface area contributed by atoms with Crippen molar-refractivity contribution < 1.29 is 0 Å². The summed E-state index contributed by atoms with van der Waals surface area (Å²) in [4.78, 5) is 4.44. The standard InChI is InChI=1S/C8H14N2S2.ClH/c1-2-7(6-9-3-1)12-8-10-4-5-11-8;/h7,9H,1-6H2;1H. The van der Waals surface area contributed by atoms with Crippen molar-refractivity contribution in [1.82, 2.24) is 5.32 Å². The molecule has 0 aromatic rings. The average Bonchev–Trinajstić information content (AvgIpc) is 2.59. The highest BCUT2D eigenvalue weighted by molar-refractivity contribution is 8.39. The zero-order valence-corrected chi connectivity index (χ0v) is 9.94. The van der Waals surface area contributed by atoms with Crippen LogP contribution >= 0.6 is 35.9 Å². The number of nitrogens with zero attached hydrogens (tertiary/aromatic N) is 1. The van der Waals surface area contributed by atoms with Gasteiger partial charge in [0, 0.05) is 17.5 Å². The van der Waals surface area contributed by atoms with Gasteiger partial charge in [-0.15, -0.1) is 12.4 Å². The number of hydrogen-bond acceptors (Lipinski definition) is 4. The van der Waals surface area contributed by atoms with Gasteiger partial charge in [-0.3, -0.25) is 4.99 Å². The van der Waals surface area contributed by atoms with Crippen LogP contribution in [0.2, 0.25) is 0 Å². The van der Waals surface area contributed by atoms with Crippen LogP contribution in [0.5, 0.6) is 0 Å². The third kappa shape index (κ3) is 3.70. The van der Waals surface area contributed by atoms with E-state index in [0.29, 0.717) is 0 Å². The lowest BCUT2D eigenvalue weighted by Gasteiger charge is -2.21. The van der Waals surface area contributed by atoms with Crippen LogP contribution in [-0.2, 0) is 0 Å². The number of aliphatic imine (C=N–C) groups is 1. The highest BCUT2D eigenvalue weighted by atomic mass is 35.5. The van der Waals surface area contributed by atoms with Crippen molar-refractivity contribution in [2.45, 2.75) is 18.1 Å². The van der Waals surface area contributed by atoms with Crippen LogP contribution in [0, 0.1) is 0 Å². The van der Waals surface area contributed by atoms with E-state index >= 15 is 0 Å². The van der Waals surface area contributed by atoms with E-state index < -0.39 is 0 Å². The molecule has 76 valence electrons. The highest BCUT2D eigenvalue weighted by Gasteiger charge is 2.17. The van der Waals surface area contributed by atoms with Crippen LogP contribution in [0.3, 0.4) is 0 Å². The first kappa shape index (κ1) is 11.7. The molecule has 2 aliphatic heterocycles. The minimum atomic E-state index is 0. The third-order valence-corrected chi connectivity index (χ3v) is 4.55. The van der Waals surface area contributed by atoms with Crippen LogP contribution < -0.4 is 5.32 Å². The number of nitrogens with one attached hydrogen (secondary N) is 1. The van der Waals surface area contributed by atoms with Gasteiger partial charge in [0.25, 0.3) is 0 Å². The van der Waals surface area contributed by atoms with Crippen molar-refractivity contribution >= 4 is 40.3 Å². The van der Waals surface area contributed by atoms with Crippen molar-refractivity contribution in [2.75, 3.05) is 25.4 Å². The first-order valence-corrected chi connectivity index (χ1v) is 6.36. The highest BCUT2D eigenvalue weighted by Crippen LogP contribution is 2.28. The topological polar surface area (TPSA) is 24.4 Å². The molecule has 1 saturated heterocycles. The van der Waals surface area contributed by atoms with Gasteiger partial charge in [0.15, 0.2) is 0 Å². The lowest BCUT2D eigenvalue weighted by Crippen LogP contribution is -2.31. The van der Waals surface area contributed by atoms with E-state index in [1.807, 2.05) is 23.5 Å². The molecule has 5 heteroatoms. The number of halogens is 1. The lowest BCUT2D eigenvalue weighted by molar-refractivity contribution is 0.532. The molecular weight excluding hydrogens is 224 g/mol. The zero-order chi connectivity index (χ0) is 8.23. The van der Waals surface area contributed by atoms with Gasteiger partial charge < -0.3 is 5.32 Å². The third-order valence-electron chi connectivity index (χ3n) is 2.08. The molecule has 2 heterocycles. The first-order valence-electron chi connectivity index (χ1n) is 4.50. The second kappa shape index (κ2) is 6.17. The van der Waals surface area contributed by atoms with Crippen LogP contribution in [0.1, 0.15) is 12.8 Å². The molecule has 0 aromatic heterocycles. The molecule has 0 radical (unpaired) electrons. The molecule has 0 saturated carbocycles. The quantitative estimate of drug-likeness (QED) is 0.756. The predicted octanol–water partition coefficient (Wildman–Crippen LogP) is 2.00. The Morgan fingerprint density at radius 3 is 3.08 bits per heavy atom. The van der Waals surface area contributed by atoms with E-state index in [4.69, 9.17) is 0 Å². The van der Waals surface area contributed by atoms with Gasteiger partial charge in [-0.2, -0.15) is 0 Å². The summed E-state index contributed by atoms with van der Waals surface area (Å²) in [6.07, 6.45) is 2.69. The Morgan fingerprint density at radius 2 is 2.46 bits per heavy atom. The molecule has 2 rings (SSSR count). The Kier molecular flexibility index (Phi) is 5.55. The average molecular weight is 239 g/mol. The summed E-state index contributed by atoms with van der Waals surface area (Å²) in [6, 6.07) is 0. The summed E-state index contributed by atoms with van der Waals surface area (Å²) in [7, 11) is 0. The predicted molar refractivity (Wildman–Crippen MR) is 65.5 cm³/mol. The molecular formula is C8H15ClN2S2. The molecule has 1 N–H and O–H groups in total. The van der Waals surface area contributed by atoms with E-state index in [1.54, 1.807) is 0 Å². The summed E-state index contributed by atoms with van der Waals surface area (Å²) < 4.78 is 1.32. The monoisotopic (exact) mass is 238 g/mol. The Labute approximate surface area is 94.1 Å². The van der Waals surface area contributed by atoms with E-state index in [9.17, 15) is 0 Å². The molecule has 13 heavy (non-hydrogen) atoms. The van der Waals surface area contributed by atoms with Gasteiger partial charge in [0.05, 0.1) is 6.54 Å². The van der Waals surface area contributed by atoms with E-state index in [0.717, 1.165) is 11.8 Å². The van der Waals surface area contributed by atoms with Gasteiger partial charge in [-0.1, -0.05) is 23.5 Å². The van der Waals surface area contributed by atoms with E-state index in [2.05, 4.69) is 10.3 Å². The lowest BCUT2D eigenvalue weighted by atomic mass is 10.2. The van der Waals surface area contributed by atoms with Crippen molar-refractivity contribution in [3.63, 3.8) is 0 Å². The smallest absolute Gasteiger partial charge is 0.124 e. The normalized spacial score (nSPS) is 28.0. The second-order valence-electron chi connectivity index (χ2n) is 3.08. The summed E-state index contributed by atoms with van der Waals surface area (Å²) in [6.45, 7) is 3.41. The Balaban J connectivity index is 0.000000845. The van der Waals surface area contributed by atoms with Crippen molar-refractivity contribution in [3.8, 4) is 0 Å². The summed E-state index contributed by atoms with van der Waals surface area (Å²) >= 11 is 3.90. The molecule has 2 nitrogen and oxygen atoms in total. The molecule has 0 bridgehead atoms. The number of piperidine rings is 1. The van der Waals surface area contributed by atoms with Gasteiger partial charge in [-0.25, -0.2) is 0 Å². The molecule has 2 aliphatic rings. The SMILES string of the molecule is C1CNCC(SC2=NCCS2)C1.Cl. The van der Waals surface area contributed by atoms with E-state index in [1.165, 1.54) is 36.1 Å². The second-order valence-corrected chi connectivity index (χ2v) is 5.71. The van der Waals surface area contributed by atoms with Crippen molar-refractivity contribution in [1.29, 1.82) is 0 Å². The Bertz CT molecular complexity index is 181. The minimum absolute atomic E-state index is 0. The van der Waals surface area contributed by atoms with Gasteiger partial charge in [0.1, 0.15) is 4.38 Å². The van der Waals surface area contributed by atoms with Gasteiger partial charge in [0.2, 0.25) is 0 Å². The molecule has 1 fully saturated rings. The summed E-state index contributed by atoms with van der Waals surface area (Å²) in [5.41, 5.74) is 0. The molecule has 0 amide bonds. The molecule has 1 unspecified atom stereocenters. The molecule has 0 aliphatic carbocycles. The maximum atomic E-state index is 4.44. The summed E-state index contributed by atoms with van der Waals surface area (Å²) in [5.74, 6) is 1.20. The van der Waals surface area contributed by atoms with Crippen molar-refractivity contribution in [2.24, 2.45) is 4.99 Å². The van der Waals surface area contributed by atoms with Crippen LogP contribution in [-0.4, -0.2) is 35.0 Å². The van der Waals surface area contributed by atoms with E-state index in [-0.39, 0.29) is 12.4 Å². The first-order chi connectivity index (χ1) is 5.95. The van der Waals surface area contributed by atoms with Gasteiger partial charge >= 0.3 is 0 Å².